The Morgan fingerprint density at radius 2 is 1.83 bits per heavy atom. The third-order valence-corrected chi connectivity index (χ3v) is 3.29. The monoisotopic (exact) mass is 375 g/mol. The standard InChI is InChI=1S/C13H8ClFINO/c14-11-7-10(5-6-12(11)15)17-13(18)8-1-3-9(16)4-2-8/h1-7H,(H,17,18). The average Bonchev–Trinajstić information content (AvgIpc) is 2.34. The summed E-state index contributed by atoms with van der Waals surface area (Å²) in [5, 5.41) is 2.64. The van der Waals surface area contributed by atoms with Gasteiger partial charge in [-0.2, -0.15) is 0 Å². The Labute approximate surface area is 122 Å². The van der Waals surface area contributed by atoms with Crippen LogP contribution >= 0.6 is 34.2 Å². The Balaban J connectivity index is 2.16. The van der Waals surface area contributed by atoms with Crippen molar-refractivity contribution in [1.29, 1.82) is 0 Å². The lowest BCUT2D eigenvalue weighted by Crippen LogP contribution is -2.11. The second-order valence-electron chi connectivity index (χ2n) is 3.59. The van der Waals surface area contributed by atoms with Crippen molar-refractivity contribution in [1.82, 2.24) is 0 Å². The molecule has 18 heavy (non-hydrogen) atoms. The quantitative estimate of drug-likeness (QED) is 0.778. The highest BCUT2D eigenvalue weighted by atomic mass is 127. The van der Waals surface area contributed by atoms with Gasteiger partial charge in [0.1, 0.15) is 5.82 Å². The van der Waals surface area contributed by atoms with Crippen LogP contribution in [-0.4, -0.2) is 5.91 Å². The number of carbonyl (C=O) groups excluding carboxylic acids is 1. The lowest BCUT2D eigenvalue weighted by molar-refractivity contribution is 0.102. The van der Waals surface area contributed by atoms with Crippen LogP contribution in [0.3, 0.4) is 0 Å². The maximum Gasteiger partial charge on any atom is 0.255 e. The minimum atomic E-state index is -0.510. The van der Waals surface area contributed by atoms with Crippen LogP contribution in [0, 0.1) is 9.39 Å². The van der Waals surface area contributed by atoms with Crippen molar-refractivity contribution < 1.29 is 9.18 Å². The fourth-order valence-corrected chi connectivity index (χ4v) is 1.92. The molecule has 0 bridgehead atoms. The van der Waals surface area contributed by atoms with Crippen molar-refractivity contribution in [2.75, 3.05) is 5.32 Å². The summed E-state index contributed by atoms with van der Waals surface area (Å²) in [6.45, 7) is 0. The minimum absolute atomic E-state index is 0.0181. The molecule has 0 atom stereocenters. The third-order valence-electron chi connectivity index (χ3n) is 2.28. The molecule has 2 rings (SSSR count). The number of hydrogen-bond acceptors (Lipinski definition) is 1. The lowest BCUT2D eigenvalue weighted by Gasteiger charge is -2.06. The molecule has 0 aliphatic rings. The summed E-state index contributed by atoms with van der Waals surface area (Å²) < 4.78 is 14.0. The SMILES string of the molecule is O=C(Nc1ccc(F)c(Cl)c1)c1ccc(I)cc1. The van der Waals surface area contributed by atoms with Gasteiger partial charge < -0.3 is 5.32 Å². The zero-order valence-electron chi connectivity index (χ0n) is 9.08. The van der Waals surface area contributed by atoms with E-state index in [1.807, 2.05) is 12.1 Å². The highest BCUT2D eigenvalue weighted by Crippen LogP contribution is 2.20. The van der Waals surface area contributed by atoms with Gasteiger partial charge >= 0.3 is 0 Å². The van der Waals surface area contributed by atoms with Gasteiger partial charge in [-0.25, -0.2) is 4.39 Å². The first-order valence-electron chi connectivity index (χ1n) is 5.08. The van der Waals surface area contributed by atoms with Crippen molar-refractivity contribution in [3.63, 3.8) is 0 Å². The Bertz CT molecular complexity index is 586. The third kappa shape index (κ3) is 3.20. The van der Waals surface area contributed by atoms with Crippen molar-refractivity contribution in [2.24, 2.45) is 0 Å². The maximum atomic E-state index is 13.0. The normalized spacial score (nSPS) is 10.2. The predicted octanol–water partition coefficient (Wildman–Crippen LogP) is 4.34. The predicted molar refractivity (Wildman–Crippen MR) is 78.5 cm³/mol. The molecule has 92 valence electrons. The molecule has 0 spiro atoms. The highest BCUT2D eigenvalue weighted by Gasteiger charge is 2.07. The van der Waals surface area contributed by atoms with Crippen LogP contribution in [0.15, 0.2) is 42.5 Å². The van der Waals surface area contributed by atoms with Gasteiger partial charge in [0.2, 0.25) is 0 Å². The number of nitrogens with one attached hydrogen (secondary N) is 1. The maximum absolute atomic E-state index is 13.0. The van der Waals surface area contributed by atoms with E-state index >= 15 is 0 Å². The molecule has 1 N–H and O–H groups in total. The summed E-state index contributed by atoms with van der Waals surface area (Å²) in [6, 6.07) is 11.2. The second kappa shape index (κ2) is 5.67. The van der Waals surface area contributed by atoms with Gasteiger partial charge in [0.05, 0.1) is 5.02 Å². The summed E-state index contributed by atoms with van der Waals surface area (Å²) in [4.78, 5) is 11.9. The first-order chi connectivity index (χ1) is 8.56. The van der Waals surface area contributed by atoms with E-state index in [9.17, 15) is 9.18 Å². The summed E-state index contributed by atoms with van der Waals surface area (Å²) in [5.41, 5.74) is 1.00. The smallest absolute Gasteiger partial charge is 0.255 e. The van der Waals surface area contributed by atoms with Crippen molar-refractivity contribution in [3.8, 4) is 0 Å². The zero-order chi connectivity index (χ0) is 13.1. The van der Waals surface area contributed by atoms with Crippen LogP contribution in [0.25, 0.3) is 0 Å². The van der Waals surface area contributed by atoms with Crippen LogP contribution in [0.5, 0.6) is 0 Å². The summed E-state index contributed by atoms with van der Waals surface area (Å²) in [6.07, 6.45) is 0. The molecule has 0 aliphatic heterocycles. The van der Waals surface area contributed by atoms with Gasteiger partial charge in [0, 0.05) is 14.8 Å². The summed E-state index contributed by atoms with van der Waals surface area (Å²) in [7, 11) is 0. The number of hydrogen-bond donors (Lipinski definition) is 1. The molecular weight excluding hydrogens is 368 g/mol. The number of rotatable bonds is 2. The summed E-state index contributed by atoms with van der Waals surface area (Å²) in [5.74, 6) is -0.766. The topological polar surface area (TPSA) is 29.1 Å². The van der Waals surface area contributed by atoms with Crippen LogP contribution in [0.4, 0.5) is 10.1 Å². The number of halogens is 3. The van der Waals surface area contributed by atoms with E-state index in [0.29, 0.717) is 11.3 Å². The Morgan fingerprint density at radius 1 is 1.17 bits per heavy atom. The van der Waals surface area contributed by atoms with E-state index in [1.165, 1.54) is 18.2 Å². The van der Waals surface area contributed by atoms with Crippen molar-refractivity contribution in [2.45, 2.75) is 0 Å². The van der Waals surface area contributed by atoms with E-state index in [2.05, 4.69) is 27.9 Å². The van der Waals surface area contributed by atoms with E-state index in [4.69, 9.17) is 11.6 Å². The van der Waals surface area contributed by atoms with Gasteiger partial charge in [0.25, 0.3) is 5.91 Å². The Hall–Kier alpha value is -1.14. The molecular formula is C13H8ClFINO. The molecule has 0 aliphatic carbocycles. The Kier molecular flexibility index (Phi) is 4.19. The average molecular weight is 376 g/mol. The Morgan fingerprint density at radius 3 is 2.44 bits per heavy atom. The van der Waals surface area contributed by atoms with Crippen molar-refractivity contribution >= 4 is 45.8 Å². The van der Waals surface area contributed by atoms with Gasteiger partial charge in [-0.1, -0.05) is 11.6 Å². The molecule has 0 saturated heterocycles. The largest absolute Gasteiger partial charge is 0.322 e. The van der Waals surface area contributed by atoms with Gasteiger partial charge in [-0.15, -0.1) is 0 Å². The van der Waals surface area contributed by atoms with Gasteiger partial charge in [-0.05, 0) is 65.1 Å². The molecule has 0 fully saturated rings. The van der Waals surface area contributed by atoms with Crippen LogP contribution in [0.2, 0.25) is 5.02 Å². The van der Waals surface area contributed by atoms with Gasteiger partial charge in [0.15, 0.2) is 0 Å². The molecule has 2 aromatic carbocycles. The molecule has 0 radical (unpaired) electrons. The van der Waals surface area contributed by atoms with E-state index in [-0.39, 0.29) is 10.9 Å². The molecule has 0 heterocycles. The van der Waals surface area contributed by atoms with E-state index in [0.717, 1.165) is 3.57 Å². The highest BCUT2D eigenvalue weighted by molar-refractivity contribution is 14.1. The zero-order valence-corrected chi connectivity index (χ0v) is 12.0. The van der Waals surface area contributed by atoms with E-state index < -0.39 is 5.82 Å². The molecule has 2 aromatic rings. The van der Waals surface area contributed by atoms with Gasteiger partial charge in [-0.3, -0.25) is 4.79 Å². The number of anilines is 1. The molecule has 0 saturated carbocycles. The number of carbonyl (C=O) groups is 1. The van der Waals surface area contributed by atoms with Crippen molar-refractivity contribution in [3.05, 3.63) is 62.4 Å². The number of benzene rings is 2. The minimum Gasteiger partial charge on any atom is -0.322 e. The van der Waals surface area contributed by atoms with Crippen LogP contribution in [0.1, 0.15) is 10.4 Å². The fraction of sp³-hybridized carbons (Fsp3) is 0. The molecule has 2 nitrogen and oxygen atoms in total. The van der Waals surface area contributed by atoms with Crippen LogP contribution < -0.4 is 5.32 Å². The van der Waals surface area contributed by atoms with Crippen LogP contribution in [-0.2, 0) is 0 Å². The second-order valence-corrected chi connectivity index (χ2v) is 5.24. The fourth-order valence-electron chi connectivity index (χ4n) is 1.38. The molecule has 0 aromatic heterocycles. The molecule has 1 amide bonds. The van der Waals surface area contributed by atoms with E-state index in [1.54, 1.807) is 12.1 Å². The number of amides is 1. The molecule has 5 heteroatoms. The first kappa shape index (κ1) is 13.3. The lowest BCUT2D eigenvalue weighted by atomic mass is 10.2. The summed E-state index contributed by atoms with van der Waals surface area (Å²) >= 11 is 7.80. The first-order valence-corrected chi connectivity index (χ1v) is 6.54. The molecule has 0 unspecified atom stereocenters.